The van der Waals surface area contributed by atoms with Gasteiger partial charge >= 0.3 is 0 Å². The average molecular weight is 348 g/mol. The Morgan fingerprint density at radius 1 is 1.29 bits per heavy atom. The van der Waals surface area contributed by atoms with Crippen molar-refractivity contribution in [2.45, 2.75) is 31.7 Å². The number of hydrogen-bond donors (Lipinski definition) is 1. The summed E-state index contributed by atoms with van der Waals surface area (Å²) in [5.74, 6) is 1.79. The van der Waals surface area contributed by atoms with Crippen molar-refractivity contribution in [1.29, 1.82) is 0 Å². The van der Waals surface area contributed by atoms with Crippen molar-refractivity contribution < 1.29 is 4.79 Å². The standard InChI is InChI=1S/C19H29N3OS/c1-24-13-9-17(20)19(23)21-10-6-15(7-11-21)14-22-12-8-16-4-2-3-5-18(16)22/h2-5,15,17H,6-14,20H2,1H3. The zero-order chi connectivity index (χ0) is 16.9. The van der Waals surface area contributed by atoms with Gasteiger partial charge in [-0.25, -0.2) is 0 Å². The first-order valence-corrected chi connectivity index (χ1v) is 10.4. The lowest BCUT2D eigenvalue weighted by Gasteiger charge is -2.35. The van der Waals surface area contributed by atoms with Crippen molar-refractivity contribution in [3.05, 3.63) is 29.8 Å². The molecule has 1 unspecified atom stereocenters. The quantitative estimate of drug-likeness (QED) is 0.858. The van der Waals surface area contributed by atoms with Crippen LogP contribution in [0.25, 0.3) is 0 Å². The minimum Gasteiger partial charge on any atom is -0.371 e. The Morgan fingerprint density at radius 3 is 2.79 bits per heavy atom. The number of hydrogen-bond acceptors (Lipinski definition) is 4. The molecule has 0 bridgehead atoms. The number of benzene rings is 1. The lowest BCUT2D eigenvalue weighted by molar-refractivity contribution is -0.134. The maximum Gasteiger partial charge on any atom is 0.239 e. The van der Waals surface area contributed by atoms with Gasteiger partial charge in [-0.2, -0.15) is 11.8 Å². The highest BCUT2D eigenvalue weighted by atomic mass is 32.2. The molecule has 2 heterocycles. The molecule has 1 atom stereocenters. The van der Waals surface area contributed by atoms with E-state index in [1.807, 2.05) is 4.90 Å². The van der Waals surface area contributed by atoms with Gasteiger partial charge in [-0.15, -0.1) is 0 Å². The molecule has 2 aliphatic rings. The molecule has 2 aliphatic heterocycles. The Labute approximate surface area is 149 Å². The molecule has 132 valence electrons. The molecule has 1 saturated heterocycles. The van der Waals surface area contributed by atoms with Crippen LogP contribution in [0.5, 0.6) is 0 Å². The van der Waals surface area contributed by atoms with E-state index < -0.39 is 0 Å². The first-order chi connectivity index (χ1) is 11.7. The Morgan fingerprint density at radius 2 is 2.04 bits per heavy atom. The Bertz CT molecular complexity index is 557. The number of para-hydroxylation sites is 1. The normalized spacial score (nSPS) is 19.4. The molecule has 0 aromatic heterocycles. The number of piperidine rings is 1. The highest BCUT2D eigenvalue weighted by molar-refractivity contribution is 7.98. The molecule has 24 heavy (non-hydrogen) atoms. The summed E-state index contributed by atoms with van der Waals surface area (Å²) < 4.78 is 0. The fraction of sp³-hybridized carbons (Fsp3) is 0.632. The molecular weight excluding hydrogens is 318 g/mol. The lowest BCUT2D eigenvalue weighted by atomic mass is 9.95. The van der Waals surface area contributed by atoms with Crippen LogP contribution in [0.1, 0.15) is 24.8 Å². The summed E-state index contributed by atoms with van der Waals surface area (Å²) in [5, 5.41) is 0. The summed E-state index contributed by atoms with van der Waals surface area (Å²) in [7, 11) is 0. The second-order valence-corrected chi connectivity index (χ2v) is 7.97. The first kappa shape index (κ1) is 17.6. The summed E-state index contributed by atoms with van der Waals surface area (Å²) in [5.41, 5.74) is 8.93. The van der Waals surface area contributed by atoms with E-state index in [1.165, 1.54) is 11.3 Å². The van der Waals surface area contributed by atoms with Gasteiger partial charge in [-0.1, -0.05) is 18.2 Å². The number of thioether (sulfide) groups is 1. The van der Waals surface area contributed by atoms with E-state index in [0.29, 0.717) is 5.92 Å². The molecule has 1 aromatic rings. The summed E-state index contributed by atoms with van der Waals surface area (Å²) >= 11 is 1.75. The number of carbonyl (C=O) groups excluding carboxylic acids is 1. The highest BCUT2D eigenvalue weighted by Crippen LogP contribution is 2.30. The van der Waals surface area contributed by atoms with Gasteiger partial charge in [-0.05, 0) is 55.2 Å². The highest BCUT2D eigenvalue weighted by Gasteiger charge is 2.28. The second kappa shape index (κ2) is 8.26. The molecule has 0 aliphatic carbocycles. The Balaban J connectivity index is 1.47. The van der Waals surface area contributed by atoms with Crippen molar-refractivity contribution in [2.75, 3.05) is 43.1 Å². The predicted octanol–water partition coefficient (Wildman–Crippen LogP) is 2.37. The monoisotopic (exact) mass is 347 g/mol. The van der Waals surface area contributed by atoms with E-state index in [-0.39, 0.29) is 11.9 Å². The first-order valence-electron chi connectivity index (χ1n) is 9.05. The summed E-state index contributed by atoms with van der Waals surface area (Å²) in [4.78, 5) is 16.9. The maximum atomic E-state index is 12.4. The number of nitrogens with two attached hydrogens (primary N) is 1. The molecule has 4 nitrogen and oxygen atoms in total. The lowest BCUT2D eigenvalue weighted by Crippen LogP contribution is -2.48. The molecule has 1 amide bonds. The van der Waals surface area contributed by atoms with Gasteiger partial charge in [0.15, 0.2) is 0 Å². The largest absolute Gasteiger partial charge is 0.371 e. The van der Waals surface area contributed by atoms with Crippen LogP contribution in [0.4, 0.5) is 5.69 Å². The van der Waals surface area contributed by atoms with Crippen molar-refractivity contribution in [3.8, 4) is 0 Å². The SMILES string of the molecule is CSCCC(N)C(=O)N1CCC(CN2CCc3ccccc32)CC1. The Hall–Kier alpha value is -1.20. The van der Waals surface area contributed by atoms with Gasteiger partial charge < -0.3 is 15.5 Å². The van der Waals surface area contributed by atoms with Crippen LogP contribution in [0.15, 0.2) is 24.3 Å². The number of nitrogens with zero attached hydrogens (tertiary/aromatic N) is 2. The van der Waals surface area contributed by atoms with Gasteiger partial charge in [0.25, 0.3) is 0 Å². The van der Waals surface area contributed by atoms with E-state index >= 15 is 0 Å². The van der Waals surface area contributed by atoms with E-state index in [4.69, 9.17) is 5.73 Å². The third kappa shape index (κ3) is 4.06. The molecule has 0 spiro atoms. The zero-order valence-electron chi connectivity index (χ0n) is 14.6. The fourth-order valence-corrected chi connectivity index (χ4v) is 4.34. The van der Waals surface area contributed by atoms with Crippen LogP contribution in [-0.4, -0.2) is 55.0 Å². The number of carbonyl (C=O) groups is 1. The Kier molecular flexibility index (Phi) is 6.06. The number of amides is 1. The van der Waals surface area contributed by atoms with Gasteiger partial charge in [0.1, 0.15) is 0 Å². The zero-order valence-corrected chi connectivity index (χ0v) is 15.4. The minimum absolute atomic E-state index is 0.147. The van der Waals surface area contributed by atoms with Crippen LogP contribution in [0.2, 0.25) is 0 Å². The molecule has 1 fully saturated rings. The average Bonchev–Trinajstić information content (AvgIpc) is 3.03. The topological polar surface area (TPSA) is 49.6 Å². The summed E-state index contributed by atoms with van der Waals surface area (Å²) in [6.07, 6.45) is 6.20. The molecular formula is C19H29N3OS. The van der Waals surface area contributed by atoms with Crippen LogP contribution >= 0.6 is 11.8 Å². The van der Waals surface area contributed by atoms with E-state index in [1.54, 1.807) is 11.8 Å². The van der Waals surface area contributed by atoms with E-state index in [9.17, 15) is 4.79 Å². The van der Waals surface area contributed by atoms with Crippen molar-refractivity contribution >= 4 is 23.4 Å². The van der Waals surface area contributed by atoms with E-state index in [2.05, 4.69) is 35.4 Å². The van der Waals surface area contributed by atoms with Crippen LogP contribution in [0, 0.1) is 5.92 Å². The maximum absolute atomic E-state index is 12.4. The third-order valence-corrected chi connectivity index (χ3v) is 5.98. The van der Waals surface area contributed by atoms with Gasteiger partial charge in [0.05, 0.1) is 6.04 Å². The molecule has 3 rings (SSSR count). The number of anilines is 1. The van der Waals surface area contributed by atoms with Gasteiger partial charge in [-0.3, -0.25) is 4.79 Å². The minimum atomic E-state index is -0.320. The van der Waals surface area contributed by atoms with Crippen molar-refractivity contribution in [1.82, 2.24) is 4.90 Å². The fourth-order valence-electron chi connectivity index (χ4n) is 3.85. The van der Waals surface area contributed by atoms with Crippen LogP contribution < -0.4 is 10.6 Å². The molecule has 5 heteroatoms. The third-order valence-electron chi connectivity index (χ3n) is 5.34. The predicted molar refractivity (Wildman–Crippen MR) is 103 cm³/mol. The van der Waals surface area contributed by atoms with Crippen molar-refractivity contribution in [3.63, 3.8) is 0 Å². The molecule has 0 radical (unpaired) electrons. The van der Waals surface area contributed by atoms with Gasteiger partial charge in [0, 0.05) is 31.9 Å². The number of likely N-dealkylation sites (tertiary alicyclic amines) is 1. The summed E-state index contributed by atoms with van der Waals surface area (Å²) in [6, 6.07) is 8.43. The van der Waals surface area contributed by atoms with Crippen LogP contribution in [-0.2, 0) is 11.2 Å². The molecule has 2 N–H and O–H groups in total. The molecule has 1 aromatic carbocycles. The van der Waals surface area contributed by atoms with E-state index in [0.717, 1.165) is 57.6 Å². The summed E-state index contributed by atoms with van der Waals surface area (Å²) in [6.45, 7) is 3.99. The second-order valence-electron chi connectivity index (χ2n) is 6.98. The smallest absolute Gasteiger partial charge is 0.239 e. The number of rotatable bonds is 6. The number of fused-ring (bicyclic) bond motifs is 1. The van der Waals surface area contributed by atoms with Crippen LogP contribution in [0.3, 0.4) is 0 Å². The van der Waals surface area contributed by atoms with Crippen molar-refractivity contribution in [2.24, 2.45) is 11.7 Å². The molecule has 0 saturated carbocycles. The van der Waals surface area contributed by atoms with Gasteiger partial charge in [0.2, 0.25) is 5.91 Å².